The minimum atomic E-state index is 0.665. The molecule has 0 bridgehead atoms. The van der Waals surface area contributed by atoms with Gasteiger partial charge in [-0.3, -0.25) is 4.98 Å². The number of pyridine rings is 1. The van der Waals surface area contributed by atoms with Crippen molar-refractivity contribution in [1.29, 1.82) is 0 Å². The number of hydrogen-bond acceptors (Lipinski definition) is 4. The van der Waals surface area contributed by atoms with Gasteiger partial charge in [-0.15, -0.1) is 0 Å². The molecule has 3 heterocycles. The molecule has 4 heteroatoms. The van der Waals surface area contributed by atoms with Crippen LogP contribution in [0.25, 0.3) is 112 Å². The Morgan fingerprint density at radius 2 is 0.889 bits per heavy atom. The van der Waals surface area contributed by atoms with Crippen molar-refractivity contribution in [1.82, 2.24) is 15.0 Å². The van der Waals surface area contributed by atoms with Crippen molar-refractivity contribution in [3.63, 3.8) is 0 Å². The molecule has 8 aromatic carbocycles. The first kappa shape index (κ1) is 36.6. The molecule has 296 valence electrons. The van der Waals surface area contributed by atoms with Crippen LogP contribution in [0, 0.1) is 0 Å². The van der Waals surface area contributed by atoms with E-state index in [4.69, 9.17) is 19.4 Å². The van der Waals surface area contributed by atoms with Crippen LogP contribution in [0.1, 0.15) is 11.3 Å². The first-order valence-corrected chi connectivity index (χ1v) is 21.5. The van der Waals surface area contributed by atoms with E-state index in [1.165, 1.54) is 33.4 Å². The minimum Gasteiger partial charge on any atom is -0.455 e. The number of para-hydroxylation sites is 2. The van der Waals surface area contributed by atoms with Crippen LogP contribution in [0.4, 0.5) is 0 Å². The highest BCUT2D eigenvalue weighted by Gasteiger charge is 2.24. The first-order valence-electron chi connectivity index (χ1n) is 21.5. The molecular weight excluding hydrogens is 767 g/mol. The summed E-state index contributed by atoms with van der Waals surface area (Å²) >= 11 is 0. The van der Waals surface area contributed by atoms with Gasteiger partial charge in [-0.05, 0) is 88.2 Å². The fourth-order valence-corrected chi connectivity index (χ4v) is 9.28. The fourth-order valence-electron chi connectivity index (χ4n) is 9.28. The number of hydrogen-bond donors (Lipinski definition) is 0. The summed E-state index contributed by atoms with van der Waals surface area (Å²) < 4.78 is 6.67. The molecule has 0 aliphatic heterocycles. The molecule has 0 amide bonds. The predicted molar refractivity (Wildman–Crippen MR) is 258 cm³/mol. The largest absolute Gasteiger partial charge is 0.455 e. The van der Waals surface area contributed by atoms with Crippen LogP contribution in [0.5, 0.6) is 0 Å². The second-order valence-electron chi connectivity index (χ2n) is 16.3. The molecule has 0 atom stereocenters. The van der Waals surface area contributed by atoms with Gasteiger partial charge in [0.2, 0.25) is 0 Å². The third-order valence-electron chi connectivity index (χ3n) is 12.4. The number of aryl methyl sites for hydroxylation is 2. The molecule has 0 fully saturated rings. The van der Waals surface area contributed by atoms with Gasteiger partial charge >= 0.3 is 0 Å². The Bertz CT molecular complexity index is 3480. The highest BCUT2D eigenvalue weighted by atomic mass is 16.3. The summed E-state index contributed by atoms with van der Waals surface area (Å²) in [5.41, 5.74) is 19.9. The molecule has 4 nitrogen and oxygen atoms in total. The summed E-state index contributed by atoms with van der Waals surface area (Å²) in [6.45, 7) is 0. The van der Waals surface area contributed by atoms with E-state index >= 15 is 0 Å². The maximum absolute atomic E-state index is 6.67. The smallest absolute Gasteiger partial charge is 0.160 e. The molecular formula is C59H39N3O. The van der Waals surface area contributed by atoms with Crippen LogP contribution in [-0.4, -0.2) is 15.0 Å². The molecule has 1 aliphatic carbocycles. The zero-order valence-corrected chi connectivity index (χ0v) is 34.4. The average molecular weight is 806 g/mol. The Kier molecular flexibility index (Phi) is 8.93. The van der Waals surface area contributed by atoms with Gasteiger partial charge in [0.1, 0.15) is 11.2 Å². The van der Waals surface area contributed by atoms with Gasteiger partial charge < -0.3 is 4.42 Å². The third-order valence-corrected chi connectivity index (χ3v) is 12.4. The number of furan rings is 1. The summed E-state index contributed by atoms with van der Waals surface area (Å²) in [5, 5.41) is 2.18. The number of benzene rings is 8. The Morgan fingerprint density at radius 1 is 0.333 bits per heavy atom. The second kappa shape index (κ2) is 15.4. The van der Waals surface area contributed by atoms with Gasteiger partial charge in [-0.1, -0.05) is 176 Å². The zero-order valence-electron chi connectivity index (χ0n) is 34.4. The molecule has 0 saturated heterocycles. The van der Waals surface area contributed by atoms with E-state index in [0.717, 1.165) is 96.5 Å². The van der Waals surface area contributed by atoms with E-state index < -0.39 is 0 Å². The van der Waals surface area contributed by atoms with Crippen LogP contribution in [0.15, 0.2) is 217 Å². The standard InChI is InChI=1S/C59H39N3O/c1-4-15-38(16-5-1)39-27-29-42(30-28-39)54-37-55(62-59(61-54)43-20-8-3-9-21-43)46-34-44(48-24-14-25-50-49-23-12-13-26-56(49)63-58(48)50)33-45(35-46)53-36-51(40-17-6-2-7-18-40)57-47-22-11-10-19-41(47)31-32-52(57)60-53/h1-30,33-37H,31-32H2. The lowest BCUT2D eigenvalue weighted by Gasteiger charge is -2.24. The first-order chi connectivity index (χ1) is 31.2. The molecule has 0 saturated carbocycles. The summed E-state index contributed by atoms with van der Waals surface area (Å²) in [4.78, 5) is 16.1. The number of nitrogens with zero attached hydrogens (tertiary/aromatic N) is 3. The number of rotatable bonds is 7. The van der Waals surface area contributed by atoms with E-state index in [0.29, 0.717) is 5.82 Å². The van der Waals surface area contributed by atoms with Crippen molar-refractivity contribution in [3.8, 4) is 89.7 Å². The molecule has 11 aromatic rings. The van der Waals surface area contributed by atoms with Crippen LogP contribution in [0.2, 0.25) is 0 Å². The molecule has 0 unspecified atom stereocenters. The summed E-state index contributed by atoms with van der Waals surface area (Å²) in [7, 11) is 0. The van der Waals surface area contributed by atoms with Crippen molar-refractivity contribution >= 4 is 21.9 Å². The molecule has 1 aliphatic rings. The van der Waals surface area contributed by atoms with Gasteiger partial charge in [-0.2, -0.15) is 0 Å². The Balaban J connectivity index is 1.09. The van der Waals surface area contributed by atoms with E-state index in [1.807, 2.05) is 36.4 Å². The molecule has 3 aromatic heterocycles. The summed E-state index contributed by atoms with van der Waals surface area (Å²) in [6.07, 6.45) is 1.81. The van der Waals surface area contributed by atoms with Crippen molar-refractivity contribution in [2.24, 2.45) is 0 Å². The highest BCUT2D eigenvalue weighted by molar-refractivity contribution is 6.10. The lowest BCUT2D eigenvalue weighted by atomic mass is 9.83. The van der Waals surface area contributed by atoms with Gasteiger partial charge in [0.05, 0.1) is 17.1 Å². The van der Waals surface area contributed by atoms with Gasteiger partial charge in [-0.25, -0.2) is 9.97 Å². The van der Waals surface area contributed by atoms with Crippen molar-refractivity contribution in [2.45, 2.75) is 12.8 Å². The SMILES string of the molecule is c1ccc(-c2ccc(-c3cc(-c4cc(-c5cc(-c6ccccc6)c6c(n5)CCc5ccccc5-6)cc(-c5cccc6c5oc5ccccc56)c4)nc(-c4ccccc4)n3)cc2)cc1. The van der Waals surface area contributed by atoms with Crippen molar-refractivity contribution in [3.05, 3.63) is 224 Å². The van der Waals surface area contributed by atoms with Crippen LogP contribution in [-0.2, 0) is 12.8 Å². The van der Waals surface area contributed by atoms with Gasteiger partial charge in [0.15, 0.2) is 5.82 Å². The summed E-state index contributed by atoms with van der Waals surface area (Å²) in [6, 6.07) is 74.8. The van der Waals surface area contributed by atoms with Gasteiger partial charge in [0, 0.05) is 49.8 Å². The van der Waals surface area contributed by atoms with E-state index in [2.05, 4.69) is 176 Å². The normalized spacial score (nSPS) is 12.0. The topological polar surface area (TPSA) is 51.8 Å². The van der Waals surface area contributed by atoms with Crippen molar-refractivity contribution in [2.75, 3.05) is 0 Å². The average Bonchev–Trinajstić information content (AvgIpc) is 3.75. The number of fused-ring (bicyclic) bond motifs is 6. The Morgan fingerprint density at radius 3 is 1.65 bits per heavy atom. The third kappa shape index (κ3) is 6.70. The predicted octanol–water partition coefficient (Wildman–Crippen LogP) is 15.2. The fraction of sp³-hybridized carbons (Fsp3) is 0.0339. The van der Waals surface area contributed by atoms with E-state index in [-0.39, 0.29) is 0 Å². The van der Waals surface area contributed by atoms with Crippen LogP contribution >= 0.6 is 0 Å². The maximum atomic E-state index is 6.67. The quantitative estimate of drug-likeness (QED) is 0.161. The maximum Gasteiger partial charge on any atom is 0.160 e. The monoisotopic (exact) mass is 805 g/mol. The molecule has 0 radical (unpaired) electrons. The van der Waals surface area contributed by atoms with E-state index in [1.54, 1.807) is 0 Å². The highest BCUT2D eigenvalue weighted by Crippen LogP contribution is 2.44. The second-order valence-corrected chi connectivity index (χ2v) is 16.3. The van der Waals surface area contributed by atoms with Crippen LogP contribution in [0.3, 0.4) is 0 Å². The molecule has 63 heavy (non-hydrogen) atoms. The zero-order chi connectivity index (χ0) is 41.7. The lowest BCUT2D eigenvalue weighted by Crippen LogP contribution is -2.08. The Labute approximate surface area is 365 Å². The summed E-state index contributed by atoms with van der Waals surface area (Å²) in [5.74, 6) is 0.665. The molecule has 0 spiro atoms. The Hall–Kier alpha value is -8.21. The molecule has 12 rings (SSSR count). The molecule has 0 N–H and O–H groups in total. The van der Waals surface area contributed by atoms with Gasteiger partial charge in [0.25, 0.3) is 0 Å². The lowest BCUT2D eigenvalue weighted by molar-refractivity contribution is 0.670. The van der Waals surface area contributed by atoms with Crippen molar-refractivity contribution < 1.29 is 4.42 Å². The number of aromatic nitrogens is 3. The van der Waals surface area contributed by atoms with Crippen LogP contribution < -0.4 is 0 Å². The van der Waals surface area contributed by atoms with E-state index in [9.17, 15) is 0 Å². The minimum absolute atomic E-state index is 0.665.